The zero-order valence-electron chi connectivity index (χ0n) is 8.94. The van der Waals surface area contributed by atoms with Crippen LogP contribution < -0.4 is 5.32 Å². The molecule has 1 N–H and O–H groups in total. The summed E-state index contributed by atoms with van der Waals surface area (Å²) in [5.74, 6) is 0.784. The van der Waals surface area contributed by atoms with Crippen LogP contribution in [0.5, 0.6) is 0 Å². The van der Waals surface area contributed by atoms with Gasteiger partial charge in [0.05, 0.1) is 5.49 Å². The SMILES string of the molecule is S=CNc1ccc(C2CC2)c2ccccc12. The molecule has 1 fully saturated rings. The van der Waals surface area contributed by atoms with Gasteiger partial charge in [-0.2, -0.15) is 0 Å². The molecule has 0 atom stereocenters. The fourth-order valence-corrected chi connectivity index (χ4v) is 2.39. The molecule has 0 heterocycles. The third-order valence-electron chi connectivity index (χ3n) is 3.19. The van der Waals surface area contributed by atoms with Gasteiger partial charge >= 0.3 is 0 Å². The minimum Gasteiger partial charge on any atom is -0.352 e. The van der Waals surface area contributed by atoms with E-state index in [-0.39, 0.29) is 0 Å². The zero-order chi connectivity index (χ0) is 11.0. The second-order valence-electron chi connectivity index (χ2n) is 4.28. The first-order chi connectivity index (χ1) is 7.90. The Balaban J connectivity index is 2.24. The molecule has 1 saturated carbocycles. The highest BCUT2D eigenvalue weighted by atomic mass is 32.1. The van der Waals surface area contributed by atoms with Crippen LogP contribution in [0.3, 0.4) is 0 Å². The Morgan fingerprint density at radius 2 is 1.81 bits per heavy atom. The lowest BCUT2D eigenvalue weighted by atomic mass is 10.00. The summed E-state index contributed by atoms with van der Waals surface area (Å²) < 4.78 is 0. The first-order valence-corrected chi connectivity index (χ1v) is 6.09. The molecular weight excluding hydrogens is 214 g/mol. The van der Waals surface area contributed by atoms with Crippen LogP contribution >= 0.6 is 12.2 Å². The molecule has 16 heavy (non-hydrogen) atoms. The summed E-state index contributed by atoms with van der Waals surface area (Å²) in [5.41, 5.74) is 4.17. The minimum atomic E-state index is 0.784. The zero-order valence-corrected chi connectivity index (χ0v) is 9.76. The quantitative estimate of drug-likeness (QED) is 0.793. The van der Waals surface area contributed by atoms with Crippen molar-refractivity contribution in [2.75, 3.05) is 5.32 Å². The van der Waals surface area contributed by atoms with E-state index in [1.165, 1.54) is 29.2 Å². The number of thiocarbonyl (C=S) groups is 1. The minimum absolute atomic E-state index is 0.784. The van der Waals surface area contributed by atoms with Crippen molar-refractivity contribution in [2.45, 2.75) is 18.8 Å². The molecule has 0 radical (unpaired) electrons. The Kier molecular flexibility index (Phi) is 2.37. The maximum absolute atomic E-state index is 4.86. The number of fused-ring (bicyclic) bond motifs is 1. The van der Waals surface area contributed by atoms with Crippen LogP contribution in [0.4, 0.5) is 5.69 Å². The summed E-state index contributed by atoms with van der Waals surface area (Å²) in [5, 5.41) is 5.77. The number of nitrogens with one attached hydrogen (secondary N) is 1. The van der Waals surface area contributed by atoms with Crippen LogP contribution in [0.2, 0.25) is 0 Å². The summed E-state index contributed by atoms with van der Waals surface area (Å²) in [6.07, 6.45) is 2.67. The van der Waals surface area contributed by atoms with Gasteiger partial charge in [0, 0.05) is 11.1 Å². The van der Waals surface area contributed by atoms with E-state index < -0.39 is 0 Å². The van der Waals surface area contributed by atoms with Gasteiger partial charge in [-0.05, 0) is 35.8 Å². The Morgan fingerprint density at radius 3 is 2.50 bits per heavy atom. The lowest BCUT2D eigenvalue weighted by Gasteiger charge is -2.10. The first-order valence-electron chi connectivity index (χ1n) is 5.62. The second kappa shape index (κ2) is 3.87. The van der Waals surface area contributed by atoms with E-state index >= 15 is 0 Å². The van der Waals surface area contributed by atoms with Crippen molar-refractivity contribution in [1.82, 2.24) is 0 Å². The maximum atomic E-state index is 4.86. The van der Waals surface area contributed by atoms with Crippen molar-refractivity contribution in [3.05, 3.63) is 42.0 Å². The van der Waals surface area contributed by atoms with Gasteiger partial charge in [0.25, 0.3) is 0 Å². The Labute approximate surface area is 100 Å². The van der Waals surface area contributed by atoms with Gasteiger partial charge in [0.1, 0.15) is 0 Å². The third-order valence-corrected chi connectivity index (χ3v) is 3.31. The molecule has 0 aliphatic heterocycles. The lowest BCUT2D eigenvalue weighted by Crippen LogP contribution is -1.94. The molecule has 2 aromatic rings. The standard InChI is InChI=1S/C14H13NS/c16-9-15-14-8-7-11(10-5-6-10)12-3-1-2-4-13(12)14/h1-4,7-10H,5-6H2,(H,15,16). The van der Waals surface area contributed by atoms with E-state index in [0.717, 1.165) is 11.6 Å². The third kappa shape index (κ3) is 1.59. The van der Waals surface area contributed by atoms with Crippen molar-refractivity contribution < 1.29 is 0 Å². The average molecular weight is 227 g/mol. The van der Waals surface area contributed by atoms with Crippen LogP contribution in [0, 0.1) is 0 Å². The summed E-state index contributed by atoms with van der Waals surface area (Å²) in [7, 11) is 0. The van der Waals surface area contributed by atoms with Gasteiger partial charge in [0.15, 0.2) is 0 Å². The highest BCUT2D eigenvalue weighted by Gasteiger charge is 2.25. The fourth-order valence-electron chi connectivity index (χ4n) is 2.26. The largest absolute Gasteiger partial charge is 0.352 e. The number of rotatable bonds is 3. The first kappa shape index (κ1) is 9.79. The number of hydrogen-bond donors (Lipinski definition) is 1. The molecule has 0 aromatic heterocycles. The summed E-state index contributed by atoms with van der Waals surface area (Å²) >= 11 is 4.86. The molecule has 2 aromatic carbocycles. The molecule has 0 unspecified atom stereocenters. The van der Waals surface area contributed by atoms with E-state index in [2.05, 4.69) is 41.7 Å². The van der Waals surface area contributed by atoms with Crippen LogP contribution in [0.1, 0.15) is 24.3 Å². The molecule has 3 rings (SSSR count). The Bertz CT molecular complexity index is 543. The Hall–Kier alpha value is -1.41. The van der Waals surface area contributed by atoms with E-state index in [0.29, 0.717) is 0 Å². The van der Waals surface area contributed by atoms with E-state index in [4.69, 9.17) is 12.2 Å². The molecule has 1 nitrogen and oxygen atoms in total. The molecule has 2 heteroatoms. The van der Waals surface area contributed by atoms with E-state index in [9.17, 15) is 0 Å². The summed E-state index contributed by atoms with van der Waals surface area (Å²) in [6.45, 7) is 0. The molecule has 1 aliphatic rings. The van der Waals surface area contributed by atoms with Crippen molar-refractivity contribution >= 4 is 34.2 Å². The topological polar surface area (TPSA) is 12.0 Å². The molecule has 0 amide bonds. The van der Waals surface area contributed by atoms with Gasteiger partial charge in [-0.25, -0.2) is 0 Å². The van der Waals surface area contributed by atoms with Crippen molar-refractivity contribution in [3.63, 3.8) is 0 Å². The molecule has 1 aliphatic carbocycles. The smallest absolute Gasteiger partial charge is 0.0659 e. The van der Waals surface area contributed by atoms with Gasteiger partial charge in [-0.3, -0.25) is 0 Å². The number of benzene rings is 2. The van der Waals surface area contributed by atoms with Crippen molar-refractivity contribution in [1.29, 1.82) is 0 Å². The summed E-state index contributed by atoms with van der Waals surface area (Å²) in [6, 6.07) is 12.9. The average Bonchev–Trinajstić information content (AvgIpc) is 3.14. The lowest BCUT2D eigenvalue weighted by molar-refractivity contribution is 1.15. The van der Waals surface area contributed by atoms with E-state index in [1.54, 1.807) is 5.49 Å². The van der Waals surface area contributed by atoms with Crippen LogP contribution in [-0.2, 0) is 0 Å². The number of hydrogen-bond acceptors (Lipinski definition) is 1. The molecule has 0 saturated heterocycles. The number of anilines is 1. The predicted molar refractivity (Wildman–Crippen MR) is 73.2 cm³/mol. The molecule has 0 spiro atoms. The maximum Gasteiger partial charge on any atom is 0.0659 e. The normalized spacial score (nSPS) is 15.0. The highest BCUT2D eigenvalue weighted by molar-refractivity contribution is 7.79. The van der Waals surface area contributed by atoms with Crippen LogP contribution in [0.15, 0.2) is 36.4 Å². The van der Waals surface area contributed by atoms with Gasteiger partial charge < -0.3 is 5.32 Å². The molecule has 0 bridgehead atoms. The monoisotopic (exact) mass is 227 g/mol. The van der Waals surface area contributed by atoms with Gasteiger partial charge in [-0.1, -0.05) is 42.5 Å². The van der Waals surface area contributed by atoms with Crippen molar-refractivity contribution in [2.24, 2.45) is 0 Å². The summed E-state index contributed by atoms with van der Waals surface area (Å²) in [4.78, 5) is 0. The molecule has 80 valence electrons. The Morgan fingerprint density at radius 1 is 1.06 bits per heavy atom. The van der Waals surface area contributed by atoms with Crippen LogP contribution in [0.25, 0.3) is 10.8 Å². The van der Waals surface area contributed by atoms with Gasteiger partial charge in [-0.15, -0.1) is 0 Å². The highest BCUT2D eigenvalue weighted by Crippen LogP contribution is 2.44. The predicted octanol–water partition coefficient (Wildman–Crippen LogP) is 4.09. The fraction of sp³-hybridized carbons (Fsp3) is 0.214. The van der Waals surface area contributed by atoms with Crippen molar-refractivity contribution in [3.8, 4) is 0 Å². The van der Waals surface area contributed by atoms with Gasteiger partial charge in [0.2, 0.25) is 0 Å². The molecular formula is C14H13NS. The van der Waals surface area contributed by atoms with E-state index in [1.807, 2.05) is 0 Å². The second-order valence-corrected chi connectivity index (χ2v) is 4.52. The van der Waals surface area contributed by atoms with Crippen LogP contribution in [-0.4, -0.2) is 5.49 Å².